The summed E-state index contributed by atoms with van der Waals surface area (Å²) in [6, 6.07) is 8.66. The van der Waals surface area contributed by atoms with Crippen LogP contribution in [0.4, 0.5) is 0 Å². The Balaban J connectivity index is 2.04. The quantitative estimate of drug-likeness (QED) is 0.814. The van der Waals surface area contributed by atoms with Crippen molar-refractivity contribution < 1.29 is 4.79 Å². The Bertz CT molecular complexity index is 631. The first kappa shape index (κ1) is 17.7. The number of hydrogen-bond donors (Lipinski definition) is 1. The van der Waals surface area contributed by atoms with Gasteiger partial charge in [0.25, 0.3) is 0 Å². The number of amides is 1. The van der Waals surface area contributed by atoms with Crippen LogP contribution >= 0.6 is 11.3 Å². The van der Waals surface area contributed by atoms with E-state index >= 15 is 0 Å². The monoisotopic (exact) mass is 330 g/mol. The molecule has 2 rings (SSSR count). The van der Waals surface area contributed by atoms with Crippen molar-refractivity contribution in [1.29, 1.82) is 0 Å². The predicted molar refractivity (Wildman–Crippen MR) is 96.7 cm³/mol. The molecule has 1 aromatic heterocycles. The van der Waals surface area contributed by atoms with Crippen LogP contribution < -0.4 is 5.32 Å². The lowest BCUT2D eigenvalue weighted by molar-refractivity contribution is -0.121. The molecule has 0 saturated carbocycles. The molecule has 1 atom stereocenters. The lowest BCUT2D eigenvalue weighted by Gasteiger charge is -2.23. The third-order valence-corrected chi connectivity index (χ3v) is 4.69. The third-order valence-electron chi connectivity index (χ3n) is 3.87. The summed E-state index contributed by atoms with van der Waals surface area (Å²) >= 11 is 1.58. The molecule has 0 saturated heterocycles. The zero-order chi connectivity index (χ0) is 16.8. The first-order valence-electron chi connectivity index (χ1n) is 8.28. The third kappa shape index (κ3) is 5.17. The molecule has 124 valence electrons. The number of aryl methyl sites for hydroxylation is 2. The van der Waals surface area contributed by atoms with Crippen molar-refractivity contribution in [2.75, 3.05) is 0 Å². The number of aromatic nitrogens is 1. The summed E-state index contributed by atoms with van der Waals surface area (Å²) in [5, 5.41) is 6.12. The summed E-state index contributed by atoms with van der Waals surface area (Å²) in [6.07, 6.45) is 2.60. The Morgan fingerprint density at radius 1 is 1.26 bits per heavy atom. The van der Waals surface area contributed by atoms with Gasteiger partial charge in [-0.3, -0.25) is 4.79 Å². The summed E-state index contributed by atoms with van der Waals surface area (Å²) in [5.74, 6) is 0.375. The maximum Gasteiger partial charge on any atom is 0.226 e. The smallest absolute Gasteiger partial charge is 0.226 e. The molecule has 1 amide bonds. The van der Waals surface area contributed by atoms with Gasteiger partial charge in [-0.2, -0.15) is 0 Å². The van der Waals surface area contributed by atoms with Crippen LogP contribution in [0.15, 0.2) is 29.6 Å². The second-order valence-electron chi connectivity index (χ2n) is 6.32. The van der Waals surface area contributed by atoms with E-state index in [9.17, 15) is 4.79 Å². The van der Waals surface area contributed by atoms with E-state index in [1.165, 1.54) is 11.1 Å². The van der Waals surface area contributed by atoms with Crippen molar-refractivity contribution in [3.05, 3.63) is 51.5 Å². The zero-order valence-electron chi connectivity index (χ0n) is 14.4. The van der Waals surface area contributed by atoms with Crippen molar-refractivity contribution in [2.45, 2.75) is 53.0 Å². The molecule has 0 aliphatic heterocycles. The fourth-order valence-corrected chi connectivity index (χ4v) is 3.31. The fraction of sp³-hybridized carbons (Fsp3) is 0.474. The van der Waals surface area contributed by atoms with Gasteiger partial charge in [-0.05, 0) is 30.4 Å². The van der Waals surface area contributed by atoms with Crippen LogP contribution in [0.2, 0.25) is 0 Å². The molecular weight excluding hydrogens is 304 g/mol. The molecular formula is C19H26N2OS. The predicted octanol–water partition coefficient (Wildman–Crippen LogP) is 4.46. The molecule has 1 N–H and O–H groups in total. The van der Waals surface area contributed by atoms with Crippen LogP contribution in [-0.4, -0.2) is 10.9 Å². The maximum absolute atomic E-state index is 12.3. The van der Waals surface area contributed by atoms with E-state index < -0.39 is 0 Å². The highest BCUT2D eigenvalue weighted by Crippen LogP contribution is 2.22. The van der Waals surface area contributed by atoms with Gasteiger partial charge in [-0.25, -0.2) is 4.98 Å². The number of rotatable bonds is 7. The SMILES string of the molecule is CCCc1ccc([C@@H](NC(=O)Cc2csc(C)n2)C(C)C)cc1. The van der Waals surface area contributed by atoms with Crippen molar-refractivity contribution in [3.63, 3.8) is 0 Å². The van der Waals surface area contributed by atoms with Crippen molar-refractivity contribution in [1.82, 2.24) is 10.3 Å². The van der Waals surface area contributed by atoms with Crippen LogP contribution in [0.3, 0.4) is 0 Å². The van der Waals surface area contributed by atoms with Crippen LogP contribution in [0.25, 0.3) is 0 Å². The average molecular weight is 330 g/mol. The molecule has 0 fully saturated rings. The molecule has 1 aromatic carbocycles. The number of nitrogens with zero attached hydrogens (tertiary/aromatic N) is 1. The topological polar surface area (TPSA) is 42.0 Å². The highest BCUT2D eigenvalue weighted by molar-refractivity contribution is 7.09. The Kier molecular flexibility index (Phi) is 6.34. The van der Waals surface area contributed by atoms with Crippen LogP contribution in [-0.2, 0) is 17.6 Å². The zero-order valence-corrected chi connectivity index (χ0v) is 15.2. The molecule has 0 radical (unpaired) electrons. The summed E-state index contributed by atoms with van der Waals surface area (Å²) in [6.45, 7) is 8.42. The van der Waals surface area contributed by atoms with Gasteiger partial charge in [-0.1, -0.05) is 51.5 Å². The highest BCUT2D eigenvalue weighted by atomic mass is 32.1. The van der Waals surface area contributed by atoms with Gasteiger partial charge in [0.15, 0.2) is 0 Å². The molecule has 0 bridgehead atoms. The van der Waals surface area contributed by atoms with E-state index in [0.29, 0.717) is 12.3 Å². The number of hydrogen-bond acceptors (Lipinski definition) is 3. The van der Waals surface area contributed by atoms with Gasteiger partial charge in [-0.15, -0.1) is 11.3 Å². The second-order valence-corrected chi connectivity index (χ2v) is 7.38. The molecule has 2 aromatic rings. The van der Waals surface area contributed by atoms with Crippen molar-refractivity contribution >= 4 is 17.2 Å². The Hall–Kier alpha value is -1.68. The summed E-state index contributed by atoms with van der Waals surface area (Å²) < 4.78 is 0. The van der Waals surface area contributed by atoms with E-state index in [-0.39, 0.29) is 11.9 Å². The minimum absolute atomic E-state index is 0.0339. The van der Waals surface area contributed by atoms with Gasteiger partial charge in [0.1, 0.15) is 0 Å². The van der Waals surface area contributed by atoms with E-state index in [4.69, 9.17) is 0 Å². The molecule has 0 spiro atoms. The minimum atomic E-state index is 0.0339. The lowest BCUT2D eigenvalue weighted by Crippen LogP contribution is -2.32. The summed E-state index contributed by atoms with van der Waals surface area (Å²) in [4.78, 5) is 16.7. The van der Waals surface area contributed by atoms with E-state index in [1.807, 2.05) is 12.3 Å². The molecule has 0 unspecified atom stereocenters. The lowest BCUT2D eigenvalue weighted by atomic mass is 9.94. The van der Waals surface area contributed by atoms with Crippen LogP contribution in [0.1, 0.15) is 55.1 Å². The van der Waals surface area contributed by atoms with Crippen LogP contribution in [0, 0.1) is 12.8 Å². The number of thiazole rings is 1. The fourth-order valence-electron chi connectivity index (χ4n) is 2.69. The molecule has 0 aliphatic carbocycles. The van der Waals surface area contributed by atoms with Gasteiger partial charge in [0.05, 0.1) is 23.2 Å². The van der Waals surface area contributed by atoms with Crippen LogP contribution in [0.5, 0.6) is 0 Å². The molecule has 23 heavy (non-hydrogen) atoms. The van der Waals surface area contributed by atoms with Gasteiger partial charge >= 0.3 is 0 Å². The normalized spacial score (nSPS) is 12.4. The maximum atomic E-state index is 12.3. The van der Waals surface area contributed by atoms with E-state index in [1.54, 1.807) is 11.3 Å². The van der Waals surface area contributed by atoms with Gasteiger partial charge in [0, 0.05) is 5.38 Å². The standard InChI is InChI=1S/C19H26N2OS/c1-5-6-15-7-9-16(10-8-15)19(13(2)3)21-18(22)11-17-12-23-14(4)20-17/h7-10,12-13,19H,5-6,11H2,1-4H3,(H,21,22)/t19-/m0/s1. The molecule has 0 aliphatic rings. The number of benzene rings is 1. The Morgan fingerprint density at radius 3 is 2.48 bits per heavy atom. The molecule has 4 heteroatoms. The molecule has 1 heterocycles. The first-order chi connectivity index (χ1) is 11.0. The second kappa shape index (κ2) is 8.25. The molecule has 3 nitrogen and oxygen atoms in total. The Labute approximate surface area is 143 Å². The number of nitrogens with one attached hydrogen (secondary N) is 1. The average Bonchev–Trinajstić information content (AvgIpc) is 2.91. The van der Waals surface area contributed by atoms with Crippen molar-refractivity contribution in [2.24, 2.45) is 5.92 Å². The van der Waals surface area contributed by atoms with E-state index in [2.05, 4.69) is 55.3 Å². The van der Waals surface area contributed by atoms with Gasteiger partial charge < -0.3 is 5.32 Å². The van der Waals surface area contributed by atoms with Crippen molar-refractivity contribution in [3.8, 4) is 0 Å². The summed E-state index contributed by atoms with van der Waals surface area (Å²) in [5.41, 5.74) is 3.37. The summed E-state index contributed by atoms with van der Waals surface area (Å²) in [7, 11) is 0. The number of carbonyl (C=O) groups is 1. The highest BCUT2D eigenvalue weighted by Gasteiger charge is 2.19. The largest absolute Gasteiger partial charge is 0.349 e. The van der Waals surface area contributed by atoms with E-state index in [0.717, 1.165) is 23.5 Å². The first-order valence-corrected chi connectivity index (χ1v) is 9.16. The Morgan fingerprint density at radius 2 is 1.96 bits per heavy atom. The van der Waals surface area contributed by atoms with Gasteiger partial charge in [0.2, 0.25) is 5.91 Å². The number of carbonyl (C=O) groups excluding carboxylic acids is 1. The minimum Gasteiger partial charge on any atom is -0.349 e.